The van der Waals surface area contributed by atoms with Crippen LogP contribution in [-0.4, -0.2) is 20.3 Å². The van der Waals surface area contributed by atoms with Crippen LogP contribution in [0.25, 0.3) is 0 Å². The lowest BCUT2D eigenvalue weighted by Gasteiger charge is -2.23. The van der Waals surface area contributed by atoms with Gasteiger partial charge in [0.2, 0.25) is 0 Å². The summed E-state index contributed by atoms with van der Waals surface area (Å²) in [6.45, 7) is 9.55. The Morgan fingerprint density at radius 1 is 1.56 bits per heavy atom. The van der Waals surface area contributed by atoms with E-state index in [1.807, 2.05) is 16.4 Å². The van der Waals surface area contributed by atoms with Crippen LogP contribution in [0.3, 0.4) is 0 Å². The van der Waals surface area contributed by atoms with E-state index in [1.165, 1.54) is 0 Å². The van der Waals surface area contributed by atoms with Crippen molar-refractivity contribution < 1.29 is 0 Å². The third kappa shape index (κ3) is 4.46. The fourth-order valence-electron chi connectivity index (χ4n) is 1.65. The molecule has 1 heterocycles. The average molecular weight is 291 g/mol. The highest BCUT2D eigenvalue weighted by molar-refractivity contribution is 8.00. The van der Waals surface area contributed by atoms with E-state index in [-0.39, 0.29) is 10.8 Å². The number of hydrogen-bond acceptors (Lipinski definition) is 4. The first kappa shape index (κ1) is 15.8. The molecule has 0 spiro atoms. The summed E-state index contributed by atoms with van der Waals surface area (Å²) in [5.41, 5.74) is 3.83. The second kappa shape index (κ2) is 6.80. The van der Waals surface area contributed by atoms with Gasteiger partial charge in [-0.2, -0.15) is 16.9 Å². The van der Waals surface area contributed by atoms with Crippen LogP contribution in [0, 0.1) is 0 Å². The maximum atomic E-state index is 6.22. The predicted molar refractivity (Wildman–Crippen MR) is 79.8 cm³/mol. The van der Waals surface area contributed by atoms with Gasteiger partial charge >= 0.3 is 0 Å². The summed E-state index contributed by atoms with van der Waals surface area (Å²) in [6.07, 6.45) is 2.72. The molecule has 6 heteroatoms. The molecular weight excluding hydrogens is 268 g/mol. The average Bonchev–Trinajstić information content (AvgIpc) is 2.62. The molecule has 1 unspecified atom stereocenters. The number of aryl methyl sites for hydroxylation is 1. The Hall–Kier alpha value is -0.230. The van der Waals surface area contributed by atoms with Gasteiger partial charge in [0.15, 0.2) is 0 Å². The van der Waals surface area contributed by atoms with E-state index >= 15 is 0 Å². The summed E-state index contributed by atoms with van der Waals surface area (Å²) in [7, 11) is 0. The van der Waals surface area contributed by atoms with Gasteiger partial charge in [0.1, 0.15) is 0 Å². The van der Waals surface area contributed by atoms with Crippen molar-refractivity contribution in [1.82, 2.24) is 15.2 Å². The Morgan fingerprint density at radius 2 is 2.22 bits per heavy atom. The highest BCUT2D eigenvalue weighted by Gasteiger charge is 2.22. The van der Waals surface area contributed by atoms with Gasteiger partial charge in [0.25, 0.3) is 0 Å². The lowest BCUT2D eigenvalue weighted by atomic mass is 10.2. The lowest BCUT2D eigenvalue weighted by Crippen LogP contribution is -2.32. The molecular formula is C12H23ClN4S. The Morgan fingerprint density at radius 3 is 2.72 bits per heavy atom. The number of hydrogen-bond donors (Lipinski definition) is 2. The number of nitrogens with zero attached hydrogens (tertiary/aromatic N) is 2. The summed E-state index contributed by atoms with van der Waals surface area (Å²) in [5.74, 6) is 6.53. The largest absolute Gasteiger partial charge is 0.271 e. The predicted octanol–water partition coefficient (Wildman–Crippen LogP) is 2.98. The van der Waals surface area contributed by atoms with E-state index in [2.05, 4.69) is 38.2 Å². The number of thioether (sulfide) groups is 1. The van der Waals surface area contributed by atoms with E-state index in [0.717, 1.165) is 24.4 Å². The van der Waals surface area contributed by atoms with Crippen LogP contribution in [0.1, 0.15) is 45.9 Å². The third-order valence-electron chi connectivity index (χ3n) is 2.48. The van der Waals surface area contributed by atoms with Crippen molar-refractivity contribution in [2.75, 3.05) is 5.75 Å². The fraction of sp³-hybridized carbons (Fsp3) is 0.750. The molecule has 3 N–H and O–H groups in total. The Bertz CT molecular complexity index is 373. The molecule has 104 valence electrons. The first-order valence-corrected chi connectivity index (χ1v) is 7.56. The molecule has 1 aromatic rings. The molecule has 1 atom stereocenters. The number of rotatable bonds is 6. The summed E-state index contributed by atoms with van der Waals surface area (Å²) >= 11 is 8.07. The van der Waals surface area contributed by atoms with Gasteiger partial charge in [0, 0.05) is 17.0 Å². The van der Waals surface area contributed by atoms with Crippen molar-refractivity contribution in [3.05, 3.63) is 16.9 Å². The first-order chi connectivity index (χ1) is 8.39. The van der Waals surface area contributed by atoms with Crippen molar-refractivity contribution in [3.8, 4) is 0 Å². The molecule has 0 amide bonds. The van der Waals surface area contributed by atoms with Gasteiger partial charge in [-0.05, 0) is 6.42 Å². The monoisotopic (exact) mass is 290 g/mol. The Kier molecular flexibility index (Phi) is 5.98. The molecule has 0 aromatic carbocycles. The molecule has 0 saturated carbocycles. The van der Waals surface area contributed by atoms with E-state index in [4.69, 9.17) is 17.4 Å². The molecule has 18 heavy (non-hydrogen) atoms. The molecule has 1 aromatic heterocycles. The van der Waals surface area contributed by atoms with E-state index in [1.54, 1.807) is 6.20 Å². The molecule has 0 aliphatic rings. The maximum Gasteiger partial charge on any atom is 0.0834 e. The second-order valence-corrected chi connectivity index (χ2v) is 7.50. The molecule has 1 rings (SSSR count). The quantitative estimate of drug-likeness (QED) is 0.625. The van der Waals surface area contributed by atoms with Crippen molar-refractivity contribution in [2.45, 2.75) is 51.4 Å². The number of halogens is 1. The zero-order valence-corrected chi connectivity index (χ0v) is 13.1. The summed E-state index contributed by atoms with van der Waals surface area (Å²) < 4.78 is 2.15. The molecule has 0 radical (unpaired) electrons. The van der Waals surface area contributed by atoms with Crippen LogP contribution in [0.5, 0.6) is 0 Å². The molecule has 4 nitrogen and oxygen atoms in total. The lowest BCUT2D eigenvalue weighted by molar-refractivity contribution is 0.508. The minimum Gasteiger partial charge on any atom is -0.271 e. The summed E-state index contributed by atoms with van der Waals surface area (Å²) in [4.78, 5) is 0. The van der Waals surface area contributed by atoms with Crippen LogP contribution in [-0.2, 0) is 6.54 Å². The summed E-state index contributed by atoms with van der Waals surface area (Å²) in [5, 5.41) is 4.98. The standard InChI is InChI=1S/C12H23ClN4S/c1-5-6-17-11(9(13)7-15-17)10(16-14)8-18-12(2,3)4/h7,10,16H,5-6,8,14H2,1-4H3. The van der Waals surface area contributed by atoms with Crippen molar-refractivity contribution in [3.63, 3.8) is 0 Å². The topological polar surface area (TPSA) is 55.9 Å². The van der Waals surface area contributed by atoms with Crippen LogP contribution in [0.2, 0.25) is 5.02 Å². The van der Waals surface area contributed by atoms with E-state index < -0.39 is 0 Å². The van der Waals surface area contributed by atoms with Gasteiger partial charge in [-0.15, -0.1) is 0 Å². The third-order valence-corrected chi connectivity index (χ3v) is 4.14. The van der Waals surface area contributed by atoms with Crippen LogP contribution < -0.4 is 11.3 Å². The second-order valence-electron chi connectivity index (χ2n) is 5.24. The molecule has 0 aliphatic heterocycles. The van der Waals surface area contributed by atoms with Crippen molar-refractivity contribution in [1.29, 1.82) is 0 Å². The number of nitrogens with one attached hydrogen (secondary N) is 1. The van der Waals surface area contributed by atoms with Gasteiger partial charge in [-0.1, -0.05) is 39.3 Å². The number of aromatic nitrogens is 2. The molecule has 0 fully saturated rings. The highest BCUT2D eigenvalue weighted by Crippen LogP contribution is 2.30. The maximum absolute atomic E-state index is 6.22. The zero-order valence-electron chi connectivity index (χ0n) is 11.5. The van der Waals surface area contributed by atoms with E-state index in [0.29, 0.717) is 5.02 Å². The SMILES string of the molecule is CCCn1ncc(Cl)c1C(CSC(C)(C)C)NN. The van der Waals surface area contributed by atoms with Crippen molar-refractivity contribution in [2.24, 2.45) is 5.84 Å². The highest BCUT2D eigenvalue weighted by atomic mass is 35.5. The first-order valence-electron chi connectivity index (χ1n) is 6.20. The zero-order chi connectivity index (χ0) is 13.8. The van der Waals surface area contributed by atoms with Crippen LogP contribution in [0.15, 0.2) is 6.20 Å². The number of hydrazine groups is 1. The van der Waals surface area contributed by atoms with E-state index in [9.17, 15) is 0 Å². The molecule has 0 bridgehead atoms. The normalized spacial score (nSPS) is 13.9. The van der Waals surface area contributed by atoms with Gasteiger partial charge in [0.05, 0.1) is 23.0 Å². The van der Waals surface area contributed by atoms with Gasteiger partial charge in [-0.25, -0.2) is 0 Å². The number of nitrogens with two attached hydrogens (primary N) is 1. The van der Waals surface area contributed by atoms with Gasteiger partial charge in [-0.3, -0.25) is 16.0 Å². The van der Waals surface area contributed by atoms with Crippen LogP contribution >= 0.6 is 23.4 Å². The summed E-state index contributed by atoms with van der Waals surface area (Å²) in [6, 6.07) is 0.0239. The molecule has 0 aliphatic carbocycles. The minimum atomic E-state index is 0.0239. The molecule has 0 saturated heterocycles. The van der Waals surface area contributed by atoms with Gasteiger partial charge < -0.3 is 0 Å². The Balaban J connectivity index is 2.84. The smallest absolute Gasteiger partial charge is 0.0834 e. The van der Waals surface area contributed by atoms with Crippen molar-refractivity contribution >= 4 is 23.4 Å². The Labute approximate surface area is 119 Å². The minimum absolute atomic E-state index is 0.0239. The van der Waals surface area contributed by atoms with Crippen LogP contribution in [0.4, 0.5) is 0 Å². The fourth-order valence-corrected chi connectivity index (χ4v) is 2.84.